The summed E-state index contributed by atoms with van der Waals surface area (Å²) >= 11 is 1.59. The lowest BCUT2D eigenvalue weighted by atomic mass is 9.71. The molecule has 6 rings (SSSR count). The highest BCUT2D eigenvalue weighted by molar-refractivity contribution is 7.20. The van der Waals surface area contributed by atoms with Crippen molar-refractivity contribution in [2.75, 3.05) is 19.6 Å². The summed E-state index contributed by atoms with van der Waals surface area (Å²) in [6.45, 7) is 10.5. The first-order valence-corrected chi connectivity index (χ1v) is 16.3. The van der Waals surface area contributed by atoms with E-state index in [9.17, 15) is 4.79 Å². The van der Waals surface area contributed by atoms with E-state index in [4.69, 9.17) is 4.98 Å². The van der Waals surface area contributed by atoms with E-state index in [0.29, 0.717) is 17.8 Å². The molecule has 1 aliphatic heterocycles. The zero-order valence-electron chi connectivity index (χ0n) is 25.2. The summed E-state index contributed by atoms with van der Waals surface area (Å²) in [6, 6.07) is 15.3. The van der Waals surface area contributed by atoms with Gasteiger partial charge in [-0.15, -0.1) is 11.3 Å². The number of hydrogen-bond donors (Lipinski definition) is 0. The second kappa shape index (κ2) is 11.8. The van der Waals surface area contributed by atoms with Crippen molar-refractivity contribution in [2.24, 2.45) is 18.4 Å². The Morgan fingerprint density at radius 3 is 2.56 bits per heavy atom. The van der Waals surface area contributed by atoms with E-state index in [1.165, 1.54) is 55.6 Å². The maximum atomic E-state index is 13.8. The Morgan fingerprint density at radius 2 is 1.85 bits per heavy atom. The number of thiophene rings is 1. The lowest BCUT2D eigenvalue weighted by Crippen LogP contribution is -2.31. The summed E-state index contributed by atoms with van der Waals surface area (Å²) in [5, 5.41) is 5.46. The van der Waals surface area contributed by atoms with Gasteiger partial charge in [0.25, 0.3) is 0 Å². The van der Waals surface area contributed by atoms with E-state index >= 15 is 0 Å². The number of fused-ring (bicyclic) bond motifs is 2. The molecular weight excluding hydrogens is 524 g/mol. The Bertz CT molecular complexity index is 1500. The van der Waals surface area contributed by atoms with E-state index in [0.717, 1.165) is 52.2 Å². The van der Waals surface area contributed by atoms with E-state index in [1.807, 2.05) is 24.0 Å². The van der Waals surface area contributed by atoms with Crippen molar-refractivity contribution in [3.05, 3.63) is 70.4 Å². The predicted octanol–water partition coefficient (Wildman–Crippen LogP) is 8.08. The van der Waals surface area contributed by atoms with Crippen molar-refractivity contribution >= 4 is 27.3 Å². The number of rotatable bonds is 8. The van der Waals surface area contributed by atoms with Gasteiger partial charge < -0.3 is 4.90 Å². The van der Waals surface area contributed by atoms with Crippen molar-refractivity contribution in [3.63, 3.8) is 0 Å². The second-order valence-electron chi connectivity index (χ2n) is 13.4. The molecule has 2 atom stereocenters. The number of aryl methyl sites for hydroxylation is 2. The number of ketones is 1. The molecule has 5 nitrogen and oxygen atoms in total. The van der Waals surface area contributed by atoms with Crippen LogP contribution in [0.5, 0.6) is 0 Å². The number of carbonyl (C=O) groups is 1. The number of Topliss-reactive ketones (excluding diaryl/α,β-unsaturated/α-hetero) is 1. The van der Waals surface area contributed by atoms with Gasteiger partial charge in [-0.2, -0.15) is 5.10 Å². The number of aromatic nitrogens is 3. The molecule has 0 bridgehead atoms. The first kappa shape index (κ1) is 28.3. The Labute approximate surface area is 249 Å². The van der Waals surface area contributed by atoms with Crippen LogP contribution in [0.15, 0.2) is 48.7 Å². The number of carbonyl (C=O) groups excluding carboxylic acids is 1. The van der Waals surface area contributed by atoms with Crippen LogP contribution in [0.2, 0.25) is 0 Å². The molecule has 0 amide bonds. The molecule has 3 aromatic heterocycles. The van der Waals surface area contributed by atoms with Crippen LogP contribution < -0.4 is 0 Å². The number of likely N-dealkylation sites (tertiary alicyclic amines) is 1. The average Bonchev–Trinajstić information content (AvgIpc) is 3.59. The lowest BCUT2D eigenvalue weighted by Gasteiger charge is -2.34. The van der Waals surface area contributed by atoms with Gasteiger partial charge >= 0.3 is 0 Å². The summed E-state index contributed by atoms with van der Waals surface area (Å²) in [6.07, 6.45) is 10.6. The van der Waals surface area contributed by atoms with Crippen LogP contribution in [0.4, 0.5) is 0 Å². The van der Waals surface area contributed by atoms with Gasteiger partial charge in [-0.3, -0.25) is 9.48 Å². The maximum absolute atomic E-state index is 13.8. The highest BCUT2D eigenvalue weighted by atomic mass is 32.1. The molecule has 0 saturated carbocycles. The summed E-state index contributed by atoms with van der Waals surface area (Å²) in [4.78, 5) is 23.3. The molecule has 41 heavy (non-hydrogen) atoms. The number of piperidine rings is 1. The second-order valence-corrected chi connectivity index (χ2v) is 14.4. The van der Waals surface area contributed by atoms with Crippen molar-refractivity contribution in [2.45, 2.75) is 78.1 Å². The predicted molar refractivity (Wildman–Crippen MR) is 170 cm³/mol. The highest BCUT2D eigenvalue weighted by Gasteiger charge is 2.30. The largest absolute Gasteiger partial charge is 0.303 e. The fourth-order valence-corrected chi connectivity index (χ4v) is 7.80. The minimum atomic E-state index is 0.198. The van der Waals surface area contributed by atoms with Crippen molar-refractivity contribution < 1.29 is 4.79 Å². The minimum Gasteiger partial charge on any atom is -0.303 e. The van der Waals surface area contributed by atoms with Crippen molar-refractivity contribution in [1.82, 2.24) is 19.7 Å². The average molecular weight is 569 g/mol. The van der Waals surface area contributed by atoms with E-state index in [1.54, 1.807) is 11.3 Å². The van der Waals surface area contributed by atoms with Crippen LogP contribution in [0, 0.1) is 11.3 Å². The van der Waals surface area contributed by atoms with Gasteiger partial charge in [0.15, 0.2) is 5.78 Å². The Kier molecular flexibility index (Phi) is 8.15. The molecule has 1 fully saturated rings. The van der Waals surface area contributed by atoms with Gasteiger partial charge in [0, 0.05) is 30.7 Å². The fourth-order valence-electron chi connectivity index (χ4n) is 6.82. The third-order valence-corrected chi connectivity index (χ3v) is 10.6. The lowest BCUT2D eigenvalue weighted by molar-refractivity contribution is 0.0973. The summed E-state index contributed by atoms with van der Waals surface area (Å²) in [7, 11) is 1.97. The number of hydrogen-bond acceptors (Lipinski definition) is 5. The third-order valence-electron chi connectivity index (χ3n) is 9.55. The standard InChI is InChI=1S/C35H44N4OS/c1-35(2,3)29-12-13-30-27(21-29)20-28-23-33(41-34(28)37-30)32(40)22-26(15-19-39-17-6-5-7-18-39)24-8-10-25(11-9-24)31-14-16-36-38(31)4/h8-11,14,16,20,23,26,29H,5-7,12-13,15,17-19,21-22H2,1-4H3/t26-,29-/m0/s1. The third kappa shape index (κ3) is 6.34. The molecule has 0 spiro atoms. The summed E-state index contributed by atoms with van der Waals surface area (Å²) in [5.41, 5.74) is 6.45. The smallest absolute Gasteiger partial charge is 0.173 e. The topological polar surface area (TPSA) is 51.0 Å². The van der Waals surface area contributed by atoms with E-state index in [-0.39, 0.29) is 11.7 Å². The van der Waals surface area contributed by atoms with Crippen LogP contribution in [0.25, 0.3) is 21.5 Å². The monoisotopic (exact) mass is 568 g/mol. The van der Waals surface area contributed by atoms with Gasteiger partial charge in [-0.1, -0.05) is 51.5 Å². The molecule has 2 aliphatic rings. The first-order valence-electron chi connectivity index (χ1n) is 15.5. The van der Waals surface area contributed by atoms with Crippen LogP contribution in [0.3, 0.4) is 0 Å². The maximum Gasteiger partial charge on any atom is 0.173 e. The van der Waals surface area contributed by atoms with Gasteiger partial charge in [0.2, 0.25) is 0 Å². The quantitative estimate of drug-likeness (QED) is 0.202. The first-order chi connectivity index (χ1) is 19.7. The van der Waals surface area contributed by atoms with Crippen LogP contribution in [-0.2, 0) is 19.9 Å². The molecule has 0 N–H and O–H groups in total. The van der Waals surface area contributed by atoms with Crippen molar-refractivity contribution in [1.29, 1.82) is 0 Å². The molecule has 1 saturated heterocycles. The molecule has 0 radical (unpaired) electrons. The normalized spacial score (nSPS) is 18.9. The van der Waals surface area contributed by atoms with E-state index < -0.39 is 0 Å². The molecule has 4 heterocycles. The Hall–Kier alpha value is -2.83. The van der Waals surface area contributed by atoms with E-state index in [2.05, 4.69) is 67.2 Å². The Morgan fingerprint density at radius 1 is 1.07 bits per heavy atom. The summed E-state index contributed by atoms with van der Waals surface area (Å²) < 4.78 is 1.91. The molecule has 216 valence electrons. The summed E-state index contributed by atoms with van der Waals surface area (Å²) in [5.74, 6) is 1.13. The van der Waals surface area contributed by atoms with Crippen LogP contribution >= 0.6 is 11.3 Å². The molecule has 1 aliphatic carbocycles. The zero-order valence-corrected chi connectivity index (χ0v) is 26.0. The number of benzene rings is 1. The van der Waals surface area contributed by atoms with Gasteiger partial charge in [-0.25, -0.2) is 4.98 Å². The minimum absolute atomic E-state index is 0.198. The molecule has 4 aromatic rings. The number of nitrogens with zero attached hydrogens (tertiary/aromatic N) is 4. The fraction of sp³-hybridized carbons (Fsp3) is 0.514. The molecule has 1 aromatic carbocycles. The highest BCUT2D eigenvalue weighted by Crippen LogP contribution is 2.39. The van der Waals surface area contributed by atoms with Gasteiger partial charge in [0.1, 0.15) is 4.83 Å². The number of pyridine rings is 1. The molecular formula is C35H44N4OS. The van der Waals surface area contributed by atoms with Crippen molar-refractivity contribution in [3.8, 4) is 11.3 Å². The van der Waals surface area contributed by atoms with Gasteiger partial charge in [0.05, 0.1) is 10.6 Å². The Balaban J connectivity index is 1.22. The molecule has 0 unspecified atom stereocenters. The zero-order chi connectivity index (χ0) is 28.6. The van der Waals surface area contributed by atoms with Gasteiger partial charge in [-0.05, 0) is 110 Å². The molecule has 6 heteroatoms. The van der Waals surface area contributed by atoms with Crippen LogP contribution in [-0.4, -0.2) is 45.1 Å². The SMILES string of the molecule is Cn1nccc1-c1ccc([C@@H](CCN2CCCCC2)CC(=O)c2cc3cc4c(nc3s2)CC[C@H](C(C)(C)C)C4)cc1. The van der Waals surface area contributed by atoms with Crippen LogP contribution in [0.1, 0.15) is 91.7 Å².